The highest BCUT2D eigenvalue weighted by molar-refractivity contribution is 7.83. The quantitative estimate of drug-likeness (QED) is 0.801. The van der Waals surface area contributed by atoms with Gasteiger partial charge in [-0.3, -0.25) is 0 Å². The number of nitrogens with zero attached hydrogens (tertiary/aromatic N) is 2. The molecule has 92 valence electrons. The molecule has 1 aliphatic rings. The van der Waals surface area contributed by atoms with Crippen LogP contribution in [0.15, 0.2) is 24.3 Å². The van der Waals surface area contributed by atoms with Crippen LogP contribution >= 0.6 is 0 Å². The molecule has 1 saturated heterocycles. The summed E-state index contributed by atoms with van der Waals surface area (Å²) in [5.41, 5.74) is 2.31. The summed E-state index contributed by atoms with van der Waals surface area (Å²) in [5.74, 6) is 0.522. The SMILES string of the molecule is Cc1ccc(CN2CCS(=O)N(C)C2=O)cc1. The number of carbonyl (C=O) groups is 1. The number of amides is 2. The fraction of sp³-hybridized carbons (Fsp3) is 0.417. The minimum absolute atomic E-state index is 0.157. The Bertz CT molecular complexity index is 444. The number of urea groups is 1. The van der Waals surface area contributed by atoms with Crippen molar-refractivity contribution in [3.05, 3.63) is 35.4 Å². The van der Waals surface area contributed by atoms with Gasteiger partial charge in [-0.05, 0) is 12.5 Å². The first kappa shape index (κ1) is 12.1. The molecule has 4 nitrogen and oxygen atoms in total. The maximum atomic E-state index is 11.9. The number of hydrogen-bond donors (Lipinski definition) is 0. The van der Waals surface area contributed by atoms with Gasteiger partial charge in [-0.1, -0.05) is 29.8 Å². The van der Waals surface area contributed by atoms with Gasteiger partial charge >= 0.3 is 6.03 Å². The second-order valence-electron chi connectivity index (χ2n) is 4.21. The molecule has 1 aliphatic heterocycles. The predicted molar refractivity (Wildman–Crippen MR) is 67.8 cm³/mol. The topological polar surface area (TPSA) is 40.6 Å². The molecular formula is C12H16N2O2S. The Balaban J connectivity index is 2.06. The third-order valence-electron chi connectivity index (χ3n) is 2.88. The Kier molecular flexibility index (Phi) is 3.47. The molecule has 5 heteroatoms. The zero-order valence-corrected chi connectivity index (χ0v) is 10.9. The van der Waals surface area contributed by atoms with Crippen molar-refractivity contribution in [2.24, 2.45) is 0 Å². The number of aryl methyl sites for hydroxylation is 1. The number of carbonyl (C=O) groups excluding carboxylic acids is 1. The summed E-state index contributed by atoms with van der Waals surface area (Å²) < 4.78 is 12.7. The third-order valence-corrected chi connectivity index (χ3v) is 4.17. The fourth-order valence-electron chi connectivity index (χ4n) is 1.77. The van der Waals surface area contributed by atoms with Crippen LogP contribution in [0.2, 0.25) is 0 Å². The predicted octanol–water partition coefficient (Wildman–Crippen LogP) is 1.53. The number of rotatable bonds is 2. The van der Waals surface area contributed by atoms with Crippen LogP contribution in [0.25, 0.3) is 0 Å². The molecule has 1 aromatic carbocycles. The van der Waals surface area contributed by atoms with Crippen LogP contribution in [-0.4, -0.2) is 38.8 Å². The van der Waals surface area contributed by atoms with Crippen molar-refractivity contribution >= 4 is 17.0 Å². The van der Waals surface area contributed by atoms with E-state index in [1.165, 1.54) is 9.87 Å². The Morgan fingerprint density at radius 2 is 1.94 bits per heavy atom. The maximum absolute atomic E-state index is 11.9. The van der Waals surface area contributed by atoms with Crippen LogP contribution in [-0.2, 0) is 17.5 Å². The average Bonchev–Trinajstić information content (AvgIpc) is 2.33. The van der Waals surface area contributed by atoms with Gasteiger partial charge in [-0.25, -0.2) is 13.3 Å². The molecule has 0 spiro atoms. The molecule has 0 N–H and O–H groups in total. The van der Waals surface area contributed by atoms with Crippen molar-refractivity contribution in [3.8, 4) is 0 Å². The number of benzene rings is 1. The molecule has 0 radical (unpaired) electrons. The van der Waals surface area contributed by atoms with E-state index in [-0.39, 0.29) is 6.03 Å². The van der Waals surface area contributed by atoms with Gasteiger partial charge in [-0.2, -0.15) is 0 Å². The maximum Gasteiger partial charge on any atom is 0.331 e. The lowest BCUT2D eigenvalue weighted by Crippen LogP contribution is -2.49. The summed E-state index contributed by atoms with van der Waals surface area (Å²) in [6.45, 7) is 3.18. The first-order valence-electron chi connectivity index (χ1n) is 5.54. The zero-order chi connectivity index (χ0) is 12.4. The Labute approximate surface area is 104 Å². The van der Waals surface area contributed by atoms with E-state index in [0.29, 0.717) is 18.8 Å². The highest BCUT2D eigenvalue weighted by atomic mass is 32.2. The molecule has 1 unspecified atom stereocenters. The van der Waals surface area contributed by atoms with Crippen molar-refractivity contribution in [1.82, 2.24) is 9.21 Å². The van der Waals surface area contributed by atoms with Gasteiger partial charge in [0.05, 0.1) is 5.75 Å². The molecule has 1 fully saturated rings. The highest BCUT2D eigenvalue weighted by Crippen LogP contribution is 2.13. The Morgan fingerprint density at radius 3 is 2.59 bits per heavy atom. The second-order valence-corrected chi connectivity index (χ2v) is 5.81. The molecule has 1 heterocycles. The van der Waals surface area contributed by atoms with Crippen molar-refractivity contribution < 1.29 is 9.00 Å². The summed E-state index contributed by atoms with van der Waals surface area (Å²) in [5, 5.41) is 0. The summed E-state index contributed by atoms with van der Waals surface area (Å²) in [7, 11) is 0.428. The van der Waals surface area contributed by atoms with Gasteiger partial charge in [0.2, 0.25) is 0 Å². The Hall–Kier alpha value is -1.36. The molecule has 0 saturated carbocycles. The van der Waals surface area contributed by atoms with E-state index < -0.39 is 11.0 Å². The van der Waals surface area contributed by atoms with Crippen LogP contribution in [0.5, 0.6) is 0 Å². The second kappa shape index (κ2) is 4.87. The van der Waals surface area contributed by atoms with E-state index in [2.05, 4.69) is 0 Å². The fourth-order valence-corrected chi connectivity index (χ4v) is 2.71. The molecule has 2 amide bonds. The molecule has 0 aromatic heterocycles. The van der Waals surface area contributed by atoms with Gasteiger partial charge < -0.3 is 4.90 Å². The Morgan fingerprint density at radius 1 is 1.29 bits per heavy atom. The van der Waals surface area contributed by atoms with E-state index in [1.54, 1.807) is 11.9 Å². The zero-order valence-electron chi connectivity index (χ0n) is 10.0. The summed E-state index contributed by atoms with van der Waals surface area (Å²) in [6, 6.07) is 7.95. The van der Waals surface area contributed by atoms with E-state index >= 15 is 0 Å². The molecule has 0 bridgehead atoms. The monoisotopic (exact) mass is 252 g/mol. The van der Waals surface area contributed by atoms with Gasteiger partial charge in [0.25, 0.3) is 0 Å². The minimum atomic E-state index is -1.16. The standard InChI is InChI=1S/C12H16N2O2S/c1-10-3-5-11(6-4-10)9-14-7-8-17(16)13(2)12(14)15/h3-6H,7-9H2,1-2H3. The van der Waals surface area contributed by atoms with E-state index in [4.69, 9.17) is 0 Å². The lowest BCUT2D eigenvalue weighted by atomic mass is 10.1. The molecular weight excluding hydrogens is 236 g/mol. The van der Waals surface area contributed by atoms with E-state index in [0.717, 1.165) is 5.56 Å². The largest absolute Gasteiger partial charge is 0.331 e. The first-order chi connectivity index (χ1) is 8.08. The van der Waals surface area contributed by atoms with Crippen molar-refractivity contribution in [2.75, 3.05) is 19.3 Å². The van der Waals surface area contributed by atoms with E-state index in [9.17, 15) is 9.00 Å². The van der Waals surface area contributed by atoms with Gasteiger partial charge in [-0.15, -0.1) is 0 Å². The molecule has 2 rings (SSSR count). The summed E-state index contributed by atoms with van der Waals surface area (Å²) in [6.07, 6.45) is 0. The summed E-state index contributed by atoms with van der Waals surface area (Å²) in [4.78, 5) is 13.6. The van der Waals surface area contributed by atoms with Crippen molar-refractivity contribution in [2.45, 2.75) is 13.5 Å². The molecule has 17 heavy (non-hydrogen) atoms. The van der Waals surface area contributed by atoms with E-state index in [1.807, 2.05) is 31.2 Å². The highest BCUT2D eigenvalue weighted by Gasteiger charge is 2.27. The number of hydrogen-bond acceptors (Lipinski definition) is 2. The van der Waals surface area contributed by atoms with Gasteiger partial charge in [0.15, 0.2) is 0 Å². The normalized spacial score (nSPS) is 20.8. The van der Waals surface area contributed by atoms with Gasteiger partial charge in [0, 0.05) is 20.1 Å². The molecule has 1 aromatic rings. The van der Waals surface area contributed by atoms with Crippen LogP contribution in [0.3, 0.4) is 0 Å². The first-order valence-corrected chi connectivity index (χ1v) is 6.82. The van der Waals surface area contributed by atoms with Crippen LogP contribution in [0.4, 0.5) is 4.79 Å². The smallest absolute Gasteiger partial charge is 0.319 e. The lowest BCUT2D eigenvalue weighted by Gasteiger charge is -2.32. The van der Waals surface area contributed by atoms with Crippen molar-refractivity contribution in [1.29, 1.82) is 0 Å². The van der Waals surface area contributed by atoms with Crippen LogP contribution < -0.4 is 0 Å². The third kappa shape index (κ3) is 2.66. The van der Waals surface area contributed by atoms with Crippen molar-refractivity contribution in [3.63, 3.8) is 0 Å². The molecule has 0 aliphatic carbocycles. The lowest BCUT2D eigenvalue weighted by molar-refractivity contribution is 0.180. The van der Waals surface area contributed by atoms with Crippen LogP contribution in [0, 0.1) is 6.92 Å². The average molecular weight is 252 g/mol. The van der Waals surface area contributed by atoms with Crippen LogP contribution in [0.1, 0.15) is 11.1 Å². The summed E-state index contributed by atoms with van der Waals surface area (Å²) >= 11 is 0. The minimum Gasteiger partial charge on any atom is -0.319 e. The molecule has 1 atom stereocenters. The van der Waals surface area contributed by atoms with Gasteiger partial charge in [0.1, 0.15) is 11.0 Å².